The highest BCUT2D eigenvalue weighted by Gasteiger charge is 2.34. The Morgan fingerprint density at radius 1 is 0.686 bits per heavy atom. The van der Waals surface area contributed by atoms with E-state index in [1.54, 1.807) is 12.1 Å². The van der Waals surface area contributed by atoms with Gasteiger partial charge in [-0.25, -0.2) is 0 Å². The highest BCUT2D eigenvalue weighted by molar-refractivity contribution is 6.33. The summed E-state index contributed by atoms with van der Waals surface area (Å²) in [5.41, 5.74) is 5.57. The van der Waals surface area contributed by atoms with Crippen LogP contribution >= 0.6 is 0 Å². The number of imide groups is 1. The molecular formula is C30H21NO4. The minimum Gasteiger partial charge on any atom is -0.454 e. The standard InChI is InChI=1S/C30H21NO4/c32-29-25-9-5-4-8-24(25)26(16-20-10-13-23(14-11-20)22-6-2-1-3-7-22)30(33)31(29)18-21-12-15-27-28(17-21)35-19-34-27/h1-17H,18-19H2. The van der Waals surface area contributed by atoms with E-state index in [0.717, 1.165) is 22.3 Å². The summed E-state index contributed by atoms with van der Waals surface area (Å²) in [6.45, 7) is 0.316. The molecule has 0 aliphatic carbocycles. The van der Waals surface area contributed by atoms with Crippen LogP contribution in [0, 0.1) is 0 Å². The first kappa shape index (κ1) is 20.9. The van der Waals surface area contributed by atoms with Crippen LogP contribution in [0.15, 0.2) is 97.1 Å². The van der Waals surface area contributed by atoms with E-state index in [9.17, 15) is 9.59 Å². The average Bonchev–Trinajstić information content (AvgIpc) is 3.38. The van der Waals surface area contributed by atoms with Gasteiger partial charge < -0.3 is 9.47 Å². The molecule has 2 aliphatic rings. The molecule has 4 aromatic rings. The van der Waals surface area contributed by atoms with Gasteiger partial charge in [-0.2, -0.15) is 0 Å². The third-order valence-electron chi connectivity index (χ3n) is 6.27. The van der Waals surface area contributed by atoms with E-state index in [4.69, 9.17) is 9.47 Å². The van der Waals surface area contributed by atoms with Crippen LogP contribution in [-0.2, 0) is 11.3 Å². The lowest BCUT2D eigenvalue weighted by molar-refractivity contribution is -0.123. The zero-order valence-corrected chi connectivity index (χ0v) is 18.8. The van der Waals surface area contributed by atoms with Crippen LogP contribution in [0.25, 0.3) is 22.8 Å². The summed E-state index contributed by atoms with van der Waals surface area (Å²) in [6.07, 6.45) is 1.86. The maximum atomic E-state index is 13.6. The predicted octanol–water partition coefficient (Wildman–Crippen LogP) is 5.81. The second-order valence-corrected chi connectivity index (χ2v) is 8.48. The number of nitrogens with zero attached hydrogens (tertiary/aromatic N) is 1. The molecule has 0 N–H and O–H groups in total. The molecule has 6 rings (SSSR count). The first-order valence-corrected chi connectivity index (χ1v) is 11.4. The quantitative estimate of drug-likeness (QED) is 0.286. The number of rotatable bonds is 4. The molecule has 0 aromatic heterocycles. The highest BCUT2D eigenvalue weighted by atomic mass is 16.7. The van der Waals surface area contributed by atoms with E-state index >= 15 is 0 Å². The van der Waals surface area contributed by atoms with Gasteiger partial charge in [-0.1, -0.05) is 78.9 Å². The van der Waals surface area contributed by atoms with Crippen LogP contribution in [0.5, 0.6) is 11.5 Å². The number of fused-ring (bicyclic) bond motifs is 2. The Kier molecular flexibility index (Phi) is 5.15. The molecule has 35 heavy (non-hydrogen) atoms. The second-order valence-electron chi connectivity index (χ2n) is 8.48. The Hall–Kier alpha value is -4.64. The minimum absolute atomic E-state index is 0.146. The van der Waals surface area contributed by atoms with Gasteiger partial charge in [0.15, 0.2) is 11.5 Å². The molecule has 0 unspecified atom stereocenters. The molecule has 0 saturated heterocycles. The van der Waals surface area contributed by atoms with Crippen molar-refractivity contribution >= 4 is 23.5 Å². The molecule has 2 heterocycles. The molecule has 2 aliphatic heterocycles. The highest BCUT2D eigenvalue weighted by Crippen LogP contribution is 2.35. The maximum absolute atomic E-state index is 13.6. The molecule has 5 nitrogen and oxygen atoms in total. The molecule has 2 amide bonds. The Labute approximate surface area is 202 Å². The molecule has 0 spiro atoms. The van der Waals surface area contributed by atoms with Crippen molar-refractivity contribution in [2.24, 2.45) is 0 Å². The van der Waals surface area contributed by atoms with Crippen molar-refractivity contribution in [1.82, 2.24) is 4.90 Å². The number of ether oxygens (including phenoxy) is 2. The number of hydrogen-bond donors (Lipinski definition) is 0. The summed E-state index contributed by atoms with van der Waals surface area (Å²) in [7, 11) is 0. The van der Waals surface area contributed by atoms with Gasteiger partial charge in [0.25, 0.3) is 11.8 Å². The number of hydrogen-bond acceptors (Lipinski definition) is 4. The van der Waals surface area contributed by atoms with Crippen LogP contribution in [0.2, 0.25) is 0 Å². The van der Waals surface area contributed by atoms with Crippen LogP contribution in [0.3, 0.4) is 0 Å². The zero-order chi connectivity index (χ0) is 23.8. The topological polar surface area (TPSA) is 55.8 Å². The maximum Gasteiger partial charge on any atom is 0.261 e. The van der Waals surface area contributed by atoms with Gasteiger partial charge in [0, 0.05) is 11.1 Å². The monoisotopic (exact) mass is 459 g/mol. The fourth-order valence-corrected chi connectivity index (χ4v) is 4.48. The summed E-state index contributed by atoms with van der Waals surface area (Å²) < 4.78 is 10.8. The van der Waals surface area contributed by atoms with E-state index in [-0.39, 0.29) is 25.2 Å². The lowest BCUT2D eigenvalue weighted by atomic mass is 9.91. The summed E-state index contributed by atoms with van der Waals surface area (Å²) in [5, 5.41) is 0. The average molecular weight is 460 g/mol. The molecule has 0 atom stereocenters. The van der Waals surface area contributed by atoms with Crippen LogP contribution < -0.4 is 9.47 Å². The van der Waals surface area contributed by atoms with Crippen molar-refractivity contribution in [3.63, 3.8) is 0 Å². The van der Waals surface area contributed by atoms with E-state index in [0.29, 0.717) is 28.2 Å². The van der Waals surface area contributed by atoms with E-state index < -0.39 is 0 Å². The lowest BCUT2D eigenvalue weighted by Crippen LogP contribution is -2.41. The number of benzene rings is 4. The van der Waals surface area contributed by atoms with E-state index in [1.807, 2.05) is 78.9 Å². The molecule has 0 bridgehead atoms. The van der Waals surface area contributed by atoms with Gasteiger partial charge in [-0.15, -0.1) is 0 Å². The Morgan fingerprint density at radius 2 is 1.37 bits per heavy atom. The Bertz CT molecular complexity index is 1470. The predicted molar refractivity (Wildman–Crippen MR) is 134 cm³/mol. The first-order valence-electron chi connectivity index (χ1n) is 11.4. The van der Waals surface area contributed by atoms with Gasteiger partial charge in [0.05, 0.1) is 6.54 Å². The van der Waals surface area contributed by atoms with Crippen molar-refractivity contribution in [3.8, 4) is 22.6 Å². The van der Waals surface area contributed by atoms with E-state index in [1.165, 1.54) is 4.90 Å². The molecule has 0 fully saturated rings. The fraction of sp³-hybridized carbons (Fsp3) is 0.0667. The zero-order valence-electron chi connectivity index (χ0n) is 18.8. The summed E-state index contributed by atoms with van der Waals surface area (Å²) >= 11 is 0. The Balaban J connectivity index is 1.35. The summed E-state index contributed by atoms with van der Waals surface area (Å²) in [4.78, 5) is 28.2. The second kappa shape index (κ2) is 8.61. The summed E-state index contributed by atoms with van der Waals surface area (Å²) in [5.74, 6) is 0.655. The van der Waals surface area contributed by atoms with Crippen molar-refractivity contribution < 1.29 is 19.1 Å². The van der Waals surface area contributed by atoms with Crippen molar-refractivity contribution in [1.29, 1.82) is 0 Å². The number of carbonyl (C=O) groups excluding carboxylic acids is 2. The van der Waals surface area contributed by atoms with Crippen molar-refractivity contribution in [3.05, 3.63) is 119 Å². The van der Waals surface area contributed by atoms with Gasteiger partial charge in [-0.3, -0.25) is 14.5 Å². The molecule has 5 heteroatoms. The van der Waals surface area contributed by atoms with Gasteiger partial charge >= 0.3 is 0 Å². The van der Waals surface area contributed by atoms with Crippen LogP contribution in [-0.4, -0.2) is 23.5 Å². The molecule has 170 valence electrons. The lowest BCUT2D eigenvalue weighted by Gasteiger charge is -2.29. The van der Waals surface area contributed by atoms with Crippen molar-refractivity contribution in [2.45, 2.75) is 6.54 Å². The molecule has 4 aromatic carbocycles. The SMILES string of the molecule is O=C1C(=Cc2ccc(-c3ccccc3)cc2)c2ccccc2C(=O)N1Cc1ccc2c(c1)OCO2. The van der Waals surface area contributed by atoms with Crippen molar-refractivity contribution in [2.75, 3.05) is 6.79 Å². The fourth-order valence-electron chi connectivity index (χ4n) is 4.48. The van der Waals surface area contributed by atoms with Gasteiger partial charge in [-0.05, 0) is 52.1 Å². The molecular weight excluding hydrogens is 438 g/mol. The van der Waals surface area contributed by atoms with E-state index in [2.05, 4.69) is 12.1 Å². The third kappa shape index (κ3) is 3.87. The minimum atomic E-state index is -0.321. The number of carbonyl (C=O) groups is 2. The van der Waals surface area contributed by atoms with Crippen LogP contribution in [0.4, 0.5) is 0 Å². The largest absolute Gasteiger partial charge is 0.454 e. The third-order valence-corrected chi connectivity index (χ3v) is 6.27. The normalized spacial score (nSPS) is 15.4. The Morgan fingerprint density at radius 3 is 2.17 bits per heavy atom. The molecule has 0 saturated carbocycles. The van der Waals surface area contributed by atoms with Gasteiger partial charge in [0.1, 0.15) is 0 Å². The first-order chi connectivity index (χ1) is 17.2. The number of amides is 2. The molecule has 0 radical (unpaired) electrons. The summed E-state index contributed by atoms with van der Waals surface area (Å²) in [6, 6.07) is 30.9. The van der Waals surface area contributed by atoms with Gasteiger partial charge in [0.2, 0.25) is 6.79 Å². The smallest absolute Gasteiger partial charge is 0.261 e. The van der Waals surface area contributed by atoms with Crippen LogP contribution in [0.1, 0.15) is 27.0 Å².